The van der Waals surface area contributed by atoms with Crippen molar-refractivity contribution in [2.45, 2.75) is 63.0 Å². The summed E-state index contributed by atoms with van der Waals surface area (Å²) in [6, 6.07) is 7.56. The molecule has 1 saturated carbocycles. The van der Waals surface area contributed by atoms with Crippen LogP contribution in [0.3, 0.4) is 0 Å². The van der Waals surface area contributed by atoms with Gasteiger partial charge in [0.2, 0.25) is 11.5 Å². The summed E-state index contributed by atoms with van der Waals surface area (Å²) < 4.78 is 11.2. The van der Waals surface area contributed by atoms with Gasteiger partial charge in [0.05, 0.1) is 18.7 Å². The Balaban J connectivity index is 1.07. The lowest BCUT2D eigenvalue weighted by Gasteiger charge is -2.39. The molecule has 2 aliphatic heterocycles. The van der Waals surface area contributed by atoms with Crippen LogP contribution in [0, 0.1) is 0 Å². The van der Waals surface area contributed by atoms with Crippen molar-refractivity contribution in [3.05, 3.63) is 40.7 Å². The maximum Gasteiger partial charge on any atom is 0.350 e. The molecule has 13 nitrogen and oxygen atoms in total. The first-order valence-corrected chi connectivity index (χ1v) is 14.9. The molecule has 5 rings (SSSR count). The molecule has 1 aliphatic carbocycles. The van der Waals surface area contributed by atoms with Crippen molar-refractivity contribution in [2.75, 3.05) is 44.3 Å². The summed E-state index contributed by atoms with van der Waals surface area (Å²) in [6.07, 6.45) is 4.64. The molecule has 5 N–H and O–H groups in total. The summed E-state index contributed by atoms with van der Waals surface area (Å²) in [5.74, 6) is 0.475. The molecule has 1 spiro atoms. The molecule has 1 aromatic carbocycles. The van der Waals surface area contributed by atoms with Crippen molar-refractivity contribution in [3.63, 3.8) is 0 Å². The Hall–Kier alpha value is -4.13. The van der Waals surface area contributed by atoms with Crippen LogP contribution in [-0.2, 0) is 20.7 Å². The standard InChI is InChI=1S/C29H37ClN8O5/c1-3-42-26(41)29(11-4-12-29)43-19-8-5-18(6-9-19)7-10-20(39)38-15-13-28(14-16-38)17-33-27(37-28)36-25(40)21-24(32-2)35-23(31)22(30)34-21/h5-6,8-9H,3-4,7,10-17H2,1-2H3,(H3,31,32,35)(H2,33,36,37,40). The number of halogens is 1. The zero-order valence-electron chi connectivity index (χ0n) is 24.4. The Labute approximate surface area is 255 Å². The first-order valence-electron chi connectivity index (χ1n) is 14.5. The third kappa shape index (κ3) is 6.61. The van der Waals surface area contributed by atoms with Crippen LogP contribution in [0.1, 0.15) is 61.5 Å². The highest BCUT2D eigenvalue weighted by atomic mass is 35.5. The number of piperidine rings is 1. The average Bonchev–Trinajstić information content (AvgIpc) is 3.37. The molecular weight excluding hydrogens is 576 g/mol. The quantitative estimate of drug-likeness (QED) is 0.308. The zero-order valence-corrected chi connectivity index (χ0v) is 25.1. The molecule has 230 valence electrons. The van der Waals surface area contributed by atoms with E-state index in [1.807, 2.05) is 29.2 Å². The van der Waals surface area contributed by atoms with E-state index in [-0.39, 0.29) is 39.9 Å². The number of carbonyl (C=O) groups excluding carboxylic acids is 3. The second-order valence-corrected chi connectivity index (χ2v) is 11.4. The average molecular weight is 613 g/mol. The van der Waals surface area contributed by atoms with E-state index in [1.54, 1.807) is 14.0 Å². The number of anilines is 2. The third-order valence-corrected chi connectivity index (χ3v) is 8.51. The van der Waals surface area contributed by atoms with E-state index >= 15 is 0 Å². The Morgan fingerprint density at radius 1 is 1.12 bits per heavy atom. The van der Waals surface area contributed by atoms with Gasteiger partial charge >= 0.3 is 5.97 Å². The van der Waals surface area contributed by atoms with E-state index < -0.39 is 11.5 Å². The Kier molecular flexibility index (Phi) is 8.90. The number of benzene rings is 1. The second kappa shape index (κ2) is 12.6. The number of likely N-dealkylation sites (tertiary alicyclic amines) is 1. The van der Waals surface area contributed by atoms with Gasteiger partial charge in [-0.3, -0.25) is 19.9 Å². The fourth-order valence-electron chi connectivity index (χ4n) is 5.49. The van der Waals surface area contributed by atoms with Crippen LogP contribution in [0.4, 0.5) is 11.6 Å². The third-order valence-electron chi connectivity index (χ3n) is 8.23. The number of rotatable bonds is 9. The van der Waals surface area contributed by atoms with Gasteiger partial charge < -0.3 is 30.7 Å². The van der Waals surface area contributed by atoms with Crippen LogP contribution < -0.4 is 26.4 Å². The fraction of sp³-hybridized carbons (Fsp3) is 0.517. The summed E-state index contributed by atoms with van der Waals surface area (Å²) in [6.45, 7) is 3.79. The van der Waals surface area contributed by atoms with Gasteiger partial charge in [0.1, 0.15) is 5.75 Å². The number of aliphatic imine (C=N–C) groups is 1. The number of aromatic nitrogens is 2. The van der Waals surface area contributed by atoms with Gasteiger partial charge in [0.15, 0.2) is 28.4 Å². The second-order valence-electron chi connectivity index (χ2n) is 11.1. The van der Waals surface area contributed by atoms with Crippen LogP contribution in [0.15, 0.2) is 29.3 Å². The smallest absolute Gasteiger partial charge is 0.350 e. The van der Waals surface area contributed by atoms with Crippen molar-refractivity contribution in [2.24, 2.45) is 4.99 Å². The molecule has 2 fully saturated rings. The minimum Gasteiger partial charge on any atom is -0.476 e. The number of esters is 1. The van der Waals surface area contributed by atoms with Gasteiger partial charge in [0, 0.05) is 26.6 Å². The van der Waals surface area contributed by atoms with Crippen LogP contribution in [0.5, 0.6) is 5.75 Å². The lowest BCUT2D eigenvalue weighted by Crippen LogP contribution is -2.57. The van der Waals surface area contributed by atoms with E-state index in [4.69, 9.17) is 26.8 Å². The van der Waals surface area contributed by atoms with Crippen molar-refractivity contribution in [1.29, 1.82) is 0 Å². The monoisotopic (exact) mass is 612 g/mol. The number of carbonyl (C=O) groups is 3. The number of aryl methyl sites for hydroxylation is 1. The lowest BCUT2D eigenvalue weighted by atomic mass is 9.80. The predicted molar refractivity (Wildman–Crippen MR) is 161 cm³/mol. The maximum atomic E-state index is 13.0. The number of ether oxygens (including phenoxy) is 2. The molecule has 0 atom stereocenters. The molecule has 0 bridgehead atoms. The molecule has 3 heterocycles. The lowest BCUT2D eigenvalue weighted by molar-refractivity contribution is -0.169. The summed E-state index contributed by atoms with van der Waals surface area (Å²) >= 11 is 5.97. The van der Waals surface area contributed by atoms with Crippen molar-refractivity contribution in [3.8, 4) is 5.75 Å². The molecule has 14 heteroatoms. The zero-order chi connectivity index (χ0) is 30.6. The van der Waals surface area contributed by atoms with Gasteiger partial charge in [-0.2, -0.15) is 0 Å². The fourth-order valence-corrected chi connectivity index (χ4v) is 5.62. The molecule has 3 aliphatic rings. The Bertz CT molecular complexity index is 1400. The first-order chi connectivity index (χ1) is 20.7. The van der Waals surface area contributed by atoms with Crippen molar-refractivity contribution in [1.82, 2.24) is 25.5 Å². The van der Waals surface area contributed by atoms with Gasteiger partial charge in [-0.1, -0.05) is 23.7 Å². The highest BCUT2D eigenvalue weighted by molar-refractivity contribution is 6.31. The van der Waals surface area contributed by atoms with E-state index in [9.17, 15) is 14.4 Å². The van der Waals surface area contributed by atoms with Crippen LogP contribution >= 0.6 is 11.6 Å². The summed E-state index contributed by atoms with van der Waals surface area (Å²) in [5.41, 5.74) is 5.52. The summed E-state index contributed by atoms with van der Waals surface area (Å²) in [4.78, 5) is 52.7. The summed E-state index contributed by atoms with van der Waals surface area (Å²) in [7, 11) is 1.61. The Morgan fingerprint density at radius 3 is 2.47 bits per heavy atom. The van der Waals surface area contributed by atoms with Gasteiger partial charge in [-0.15, -0.1) is 0 Å². The minimum absolute atomic E-state index is 0.00804. The van der Waals surface area contributed by atoms with Crippen LogP contribution in [0.2, 0.25) is 5.15 Å². The number of guanidine groups is 1. The first kappa shape index (κ1) is 30.3. The molecule has 0 radical (unpaired) electrons. The number of nitrogens with one attached hydrogen (secondary N) is 3. The van der Waals surface area contributed by atoms with Crippen LogP contribution in [0.25, 0.3) is 0 Å². The Morgan fingerprint density at radius 2 is 1.84 bits per heavy atom. The van der Waals surface area contributed by atoms with E-state index in [1.165, 1.54) is 0 Å². The maximum absolute atomic E-state index is 13.0. The van der Waals surface area contributed by atoms with E-state index in [0.29, 0.717) is 76.5 Å². The number of hydrogen-bond acceptors (Lipinski definition) is 11. The SMILES string of the molecule is CCOC(=O)C1(Oc2ccc(CCC(=O)N3CCC4(CC3)CN=C(NC(=O)c3nc(Cl)c(N)nc3NC)N4)cc2)CCC1. The normalized spacial score (nSPS) is 18.2. The van der Waals surface area contributed by atoms with E-state index in [0.717, 1.165) is 12.0 Å². The van der Waals surface area contributed by atoms with Crippen LogP contribution in [-0.4, -0.2) is 83.0 Å². The summed E-state index contributed by atoms with van der Waals surface area (Å²) in [5, 5.41) is 8.82. The molecule has 2 amide bonds. The van der Waals surface area contributed by atoms with Gasteiger partial charge in [0.25, 0.3) is 5.91 Å². The van der Waals surface area contributed by atoms with Crippen molar-refractivity contribution >= 4 is 47.0 Å². The molecule has 1 saturated heterocycles. The van der Waals surface area contributed by atoms with Crippen molar-refractivity contribution < 1.29 is 23.9 Å². The molecule has 0 unspecified atom stereocenters. The molecular formula is C29H37ClN8O5. The van der Waals surface area contributed by atoms with E-state index in [2.05, 4.69) is 30.9 Å². The highest BCUT2D eigenvalue weighted by Crippen LogP contribution is 2.38. The number of nitrogens with two attached hydrogens (primary N) is 1. The molecule has 1 aromatic heterocycles. The molecule has 43 heavy (non-hydrogen) atoms. The number of hydrogen-bond donors (Lipinski definition) is 4. The number of nitrogens with zero attached hydrogens (tertiary/aromatic N) is 4. The largest absolute Gasteiger partial charge is 0.476 e. The molecule has 2 aromatic rings. The van der Waals surface area contributed by atoms with Gasteiger partial charge in [-0.25, -0.2) is 14.8 Å². The predicted octanol–water partition coefficient (Wildman–Crippen LogP) is 2.30. The van der Waals surface area contributed by atoms with Gasteiger partial charge in [-0.05, 0) is 63.1 Å². The topological polar surface area (TPSA) is 173 Å². The number of nitrogen functional groups attached to an aromatic ring is 1. The number of amides is 2. The minimum atomic E-state index is -0.874. The highest BCUT2D eigenvalue weighted by Gasteiger charge is 2.48.